The van der Waals surface area contributed by atoms with Gasteiger partial charge in [0.2, 0.25) is 0 Å². The molecule has 0 spiro atoms. The fourth-order valence-corrected chi connectivity index (χ4v) is 8.77. The van der Waals surface area contributed by atoms with Crippen LogP contribution >= 0.6 is 0 Å². The van der Waals surface area contributed by atoms with E-state index in [1.54, 1.807) is 0 Å². The molecule has 4 aliphatic carbocycles. The minimum atomic E-state index is -1.80. The second kappa shape index (κ2) is 34.5. The number of hydrogen-bond acceptors (Lipinski definition) is 16. The summed E-state index contributed by atoms with van der Waals surface area (Å²) in [5, 5.41) is 84.9. The maximum atomic E-state index is 11.1. The van der Waals surface area contributed by atoms with E-state index in [2.05, 4.69) is 0 Å². The van der Waals surface area contributed by atoms with Crippen LogP contribution in [0.3, 0.4) is 0 Å². The second-order valence-electron chi connectivity index (χ2n) is 18.1. The molecule has 4 saturated carbocycles. The molecule has 0 aromatic carbocycles. The zero-order valence-electron chi connectivity index (χ0n) is 40.1. The molecule has 0 aliphatic heterocycles. The molecule has 8 unspecified atom stereocenters. The van der Waals surface area contributed by atoms with Gasteiger partial charge in [-0.1, -0.05) is 130 Å². The van der Waals surface area contributed by atoms with Crippen molar-refractivity contribution in [1.29, 1.82) is 0 Å². The van der Waals surface area contributed by atoms with Crippen molar-refractivity contribution in [3.63, 3.8) is 0 Å². The van der Waals surface area contributed by atoms with Crippen molar-refractivity contribution in [3.8, 4) is 0 Å². The Morgan fingerprint density at radius 2 is 0.538 bits per heavy atom. The van der Waals surface area contributed by atoms with E-state index >= 15 is 0 Å². The van der Waals surface area contributed by atoms with E-state index in [4.69, 9.17) is 18.9 Å². The van der Waals surface area contributed by atoms with Crippen molar-refractivity contribution in [3.05, 3.63) is 0 Å². The summed E-state index contributed by atoms with van der Waals surface area (Å²) in [6.45, 7) is 9.78. The Labute approximate surface area is 403 Å². The third-order valence-electron chi connectivity index (χ3n) is 12.7. The van der Waals surface area contributed by atoms with Crippen LogP contribution < -0.4 is 20.4 Å². The molecule has 4 aliphatic rings. The van der Waals surface area contributed by atoms with Gasteiger partial charge in [0.25, 0.3) is 0 Å². The average Bonchev–Trinajstić information content (AvgIpc) is 3.23. The molecule has 0 aromatic heterocycles. The molecule has 0 aromatic rings. The van der Waals surface area contributed by atoms with Crippen LogP contribution in [-0.2, 0) is 59.8 Å². The summed E-state index contributed by atoms with van der Waals surface area (Å²) in [7, 11) is 0. The second-order valence-corrected chi connectivity index (χ2v) is 18.1. The van der Waals surface area contributed by atoms with Gasteiger partial charge < -0.3 is 79.0 Å². The number of aliphatic hydroxyl groups is 4. The summed E-state index contributed by atoms with van der Waals surface area (Å²) in [4.78, 5) is 44.3. The van der Waals surface area contributed by atoms with Gasteiger partial charge >= 0.3 is 21.7 Å². The zero-order chi connectivity index (χ0) is 48.1. The van der Waals surface area contributed by atoms with Gasteiger partial charge in [-0.3, -0.25) is 0 Å². The first-order valence-electron chi connectivity index (χ1n) is 24.7. The molecular formula is C48H84O16Ti. The van der Waals surface area contributed by atoms with Gasteiger partial charge in [0, 0.05) is 26.4 Å². The quantitative estimate of drug-likeness (QED) is 0.162. The minimum absolute atomic E-state index is 0. The molecule has 16 nitrogen and oxygen atoms in total. The van der Waals surface area contributed by atoms with Crippen molar-refractivity contribution in [2.45, 2.75) is 254 Å². The van der Waals surface area contributed by atoms with Gasteiger partial charge in [0.15, 0.2) is 0 Å². The summed E-state index contributed by atoms with van der Waals surface area (Å²) in [6, 6.07) is 0. The van der Waals surface area contributed by atoms with Crippen molar-refractivity contribution >= 4 is 23.9 Å². The minimum Gasteiger partial charge on any atom is -0.547 e. The maximum absolute atomic E-state index is 11.1. The average molecular weight is 965 g/mol. The summed E-state index contributed by atoms with van der Waals surface area (Å²) in [5.74, 6) is -5.57. The molecule has 4 fully saturated rings. The van der Waals surface area contributed by atoms with Gasteiger partial charge in [0.1, 0.15) is 22.4 Å². The van der Waals surface area contributed by atoms with Gasteiger partial charge in [0.05, 0.1) is 48.3 Å². The topological polar surface area (TPSA) is 278 Å². The third kappa shape index (κ3) is 21.6. The smallest absolute Gasteiger partial charge is 0.547 e. The molecule has 17 heteroatoms. The maximum Gasteiger partial charge on any atom is 4.00 e. The monoisotopic (exact) mass is 965 g/mol. The third-order valence-corrected chi connectivity index (χ3v) is 12.7. The Kier molecular flexibility index (Phi) is 33.6. The van der Waals surface area contributed by atoms with Crippen LogP contribution in [0.5, 0.6) is 0 Å². The molecule has 0 saturated heterocycles. The van der Waals surface area contributed by atoms with Crippen LogP contribution in [0.25, 0.3) is 0 Å². The van der Waals surface area contributed by atoms with Crippen LogP contribution in [0.4, 0.5) is 0 Å². The standard InChI is InChI=1S/4C12H22O4.Ti/c4*1-2-9-16-10-7-5-3-4-6-8-12(10,15)11(13)14;/h4*10,15H,2-9H2,1H3,(H,13,14);/q;;;;+4/p-4. The number of carbonyl (C=O) groups is 4. The number of ether oxygens (including phenoxy) is 4. The Bertz CT molecular complexity index is 1110. The number of carboxylic acid groups (broad SMARTS) is 4. The first-order valence-corrected chi connectivity index (χ1v) is 24.7. The van der Waals surface area contributed by atoms with E-state index in [9.17, 15) is 60.0 Å². The first kappa shape index (κ1) is 63.3. The summed E-state index contributed by atoms with van der Waals surface area (Å²) >= 11 is 0. The molecule has 0 amide bonds. The Morgan fingerprint density at radius 3 is 0.692 bits per heavy atom. The number of rotatable bonds is 16. The number of aliphatic carboxylic acids is 4. The first-order chi connectivity index (χ1) is 30.4. The van der Waals surface area contributed by atoms with Crippen molar-refractivity contribution in [2.75, 3.05) is 26.4 Å². The predicted octanol–water partition coefficient (Wildman–Crippen LogP) is 2.46. The number of carboxylic acids is 4. The summed E-state index contributed by atoms with van der Waals surface area (Å²) < 4.78 is 21.9. The van der Waals surface area contributed by atoms with Gasteiger partial charge in [-0.25, -0.2) is 0 Å². The SMILES string of the molecule is CCCOC1CCCCCCC1(O)C(=O)[O-].CCCOC1CCCCCCC1(O)C(=O)[O-].CCCOC1CCCCCCC1(O)C(=O)[O-].CCCOC1CCCCCCC1(O)C(=O)[O-].[Ti+4]. The van der Waals surface area contributed by atoms with E-state index in [0.717, 1.165) is 128 Å². The van der Waals surface area contributed by atoms with Crippen LogP contribution in [-0.4, -0.2) is 118 Å². The van der Waals surface area contributed by atoms with Gasteiger partial charge in [-0.2, -0.15) is 0 Å². The number of carbonyl (C=O) groups excluding carboxylic acids is 4. The van der Waals surface area contributed by atoms with Crippen molar-refractivity contribution in [2.24, 2.45) is 0 Å². The van der Waals surface area contributed by atoms with E-state index < -0.39 is 70.7 Å². The molecule has 376 valence electrons. The molecular weight excluding hydrogens is 880 g/mol. The van der Waals surface area contributed by atoms with E-state index in [0.29, 0.717) is 52.1 Å². The molecule has 4 N–H and O–H groups in total. The zero-order valence-corrected chi connectivity index (χ0v) is 41.7. The van der Waals surface area contributed by atoms with Crippen LogP contribution in [0.2, 0.25) is 0 Å². The molecule has 8 atom stereocenters. The molecule has 0 heterocycles. The molecule has 65 heavy (non-hydrogen) atoms. The van der Waals surface area contributed by atoms with Gasteiger partial charge in [-0.05, 0) is 77.0 Å². The van der Waals surface area contributed by atoms with E-state index in [1.165, 1.54) is 0 Å². The van der Waals surface area contributed by atoms with Crippen LogP contribution in [0, 0.1) is 0 Å². The Morgan fingerprint density at radius 1 is 0.369 bits per heavy atom. The van der Waals surface area contributed by atoms with E-state index in [1.807, 2.05) is 27.7 Å². The molecule has 0 radical (unpaired) electrons. The van der Waals surface area contributed by atoms with Crippen LogP contribution in [0.15, 0.2) is 0 Å². The van der Waals surface area contributed by atoms with Crippen LogP contribution in [0.1, 0.15) is 207 Å². The molecule has 4 rings (SSSR count). The normalized spacial score (nSPS) is 31.3. The summed E-state index contributed by atoms with van der Waals surface area (Å²) in [6.07, 6.45) is 18.9. The fourth-order valence-electron chi connectivity index (χ4n) is 8.77. The Balaban J connectivity index is 0.000000836. The van der Waals surface area contributed by atoms with Crippen molar-refractivity contribution < 1.29 is 101 Å². The molecule has 0 bridgehead atoms. The van der Waals surface area contributed by atoms with E-state index in [-0.39, 0.29) is 47.4 Å². The largest absolute Gasteiger partial charge is 4.00 e. The summed E-state index contributed by atoms with van der Waals surface area (Å²) in [5.41, 5.74) is -7.18. The number of hydrogen-bond donors (Lipinski definition) is 4. The van der Waals surface area contributed by atoms with Gasteiger partial charge in [-0.15, -0.1) is 0 Å². The predicted molar refractivity (Wildman–Crippen MR) is 231 cm³/mol. The Hall–Kier alpha value is -1.73. The fraction of sp³-hybridized carbons (Fsp3) is 0.917. The van der Waals surface area contributed by atoms with Crippen molar-refractivity contribution in [1.82, 2.24) is 0 Å².